The Morgan fingerprint density at radius 2 is 1.86 bits per heavy atom. The summed E-state index contributed by atoms with van der Waals surface area (Å²) in [7, 11) is 3.33. The molecule has 0 heterocycles. The van der Waals surface area contributed by atoms with E-state index in [-0.39, 0.29) is 6.04 Å². The van der Waals surface area contributed by atoms with Crippen molar-refractivity contribution in [3.8, 4) is 11.5 Å². The van der Waals surface area contributed by atoms with Crippen LogP contribution in [0.2, 0.25) is 5.02 Å². The fourth-order valence-electron chi connectivity index (χ4n) is 2.19. The van der Waals surface area contributed by atoms with E-state index in [2.05, 4.69) is 12.2 Å². The highest BCUT2D eigenvalue weighted by Gasteiger charge is 2.13. The fourth-order valence-corrected chi connectivity index (χ4v) is 2.40. The van der Waals surface area contributed by atoms with E-state index in [1.807, 2.05) is 42.5 Å². The summed E-state index contributed by atoms with van der Waals surface area (Å²) in [5, 5.41) is 4.24. The maximum atomic E-state index is 6.18. The van der Waals surface area contributed by atoms with E-state index >= 15 is 0 Å². The first-order valence-electron chi connectivity index (χ1n) is 6.84. The topological polar surface area (TPSA) is 30.5 Å². The van der Waals surface area contributed by atoms with Gasteiger partial charge in [0, 0.05) is 23.2 Å². The Bertz CT molecular complexity index is 601. The first kappa shape index (κ1) is 15.7. The van der Waals surface area contributed by atoms with Gasteiger partial charge in [-0.3, -0.25) is 0 Å². The van der Waals surface area contributed by atoms with Gasteiger partial charge in [-0.1, -0.05) is 29.8 Å². The standard InChI is InChI=1S/C17H20ClNO2/c1-12(19-11-13-6-4-5-7-16(13)18)15-10-14(20-2)8-9-17(15)21-3/h4-10,12,19H,11H2,1-3H3. The van der Waals surface area contributed by atoms with Crippen molar-refractivity contribution in [1.82, 2.24) is 5.32 Å². The highest BCUT2D eigenvalue weighted by Crippen LogP contribution is 2.29. The van der Waals surface area contributed by atoms with E-state index in [1.54, 1.807) is 14.2 Å². The molecule has 2 aromatic rings. The van der Waals surface area contributed by atoms with Gasteiger partial charge in [0.25, 0.3) is 0 Å². The van der Waals surface area contributed by atoms with Crippen LogP contribution in [0.15, 0.2) is 42.5 Å². The molecule has 1 N–H and O–H groups in total. The van der Waals surface area contributed by atoms with Crippen LogP contribution in [0.25, 0.3) is 0 Å². The molecule has 2 aromatic carbocycles. The van der Waals surface area contributed by atoms with Crippen molar-refractivity contribution in [2.24, 2.45) is 0 Å². The van der Waals surface area contributed by atoms with Crippen molar-refractivity contribution in [3.05, 3.63) is 58.6 Å². The van der Waals surface area contributed by atoms with Gasteiger partial charge in [-0.2, -0.15) is 0 Å². The molecule has 21 heavy (non-hydrogen) atoms. The van der Waals surface area contributed by atoms with E-state index in [1.165, 1.54) is 0 Å². The predicted octanol–water partition coefficient (Wildman–Crippen LogP) is 4.21. The lowest BCUT2D eigenvalue weighted by atomic mass is 10.1. The summed E-state index contributed by atoms with van der Waals surface area (Å²) in [6.07, 6.45) is 0. The van der Waals surface area contributed by atoms with Crippen LogP contribution >= 0.6 is 11.6 Å². The Morgan fingerprint density at radius 1 is 1.10 bits per heavy atom. The van der Waals surface area contributed by atoms with Crippen LogP contribution in [-0.4, -0.2) is 14.2 Å². The smallest absolute Gasteiger partial charge is 0.123 e. The Kier molecular flexibility index (Phi) is 5.48. The van der Waals surface area contributed by atoms with Crippen molar-refractivity contribution in [3.63, 3.8) is 0 Å². The monoisotopic (exact) mass is 305 g/mol. The molecule has 1 unspecified atom stereocenters. The molecular formula is C17H20ClNO2. The molecule has 0 spiro atoms. The van der Waals surface area contributed by atoms with Gasteiger partial charge in [0.2, 0.25) is 0 Å². The normalized spacial score (nSPS) is 12.0. The second-order valence-electron chi connectivity index (χ2n) is 4.80. The number of hydrogen-bond acceptors (Lipinski definition) is 3. The molecule has 112 valence electrons. The van der Waals surface area contributed by atoms with Gasteiger partial charge in [-0.05, 0) is 36.8 Å². The second kappa shape index (κ2) is 7.34. The van der Waals surface area contributed by atoms with Crippen molar-refractivity contribution >= 4 is 11.6 Å². The number of rotatable bonds is 6. The minimum Gasteiger partial charge on any atom is -0.497 e. The van der Waals surface area contributed by atoms with Gasteiger partial charge in [-0.25, -0.2) is 0 Å². The highest BCUT2D eigenvalue weighted by atomic mass is 35.5. The van der Waals surface area contributed by atoms with E-state index in [0.29, 0.717) is 6.54 Å². The molecular weight excluding hydrogens is 286 g/mol. The Hall–Kier alpha value is -1.71. The second-order valence-corrected chi connectivity index (χ2v) is 5.21. The van der Waals surface area contributed by atoms with E-state index in [0.717, 1.165) is 27.6 Å². The van der Waals surface area contributed by atoms with Crippen LogP contribution in [0.1, 0.15) is 24.1 Å². The third-order valence-corrected chi connectivity index (χ3v) is 3.83. The van der Waals surface area contributed by atoms with Crippen LogP contribution in [0.5, 0.6) is 11.5 Å². The van der Waals surface area contributed by atoms with Crippen molar-refractivity contribution < 1.29 is 9.47 Å². The third-order valence-electron chi connectivity index (χ3n) is 3.46. The molecule has 0 saturated carbocycles. The molecule has 0 radical (unpaired) electrons. The lowest BCUT2D eigenvalue weighted by Crippen LogP contribution is -2.19. The largest absolute Gasteiger partial charge is 0.497 e. The van der Waals surface area contributed by atoms with Gasteiger partial charge >= 0.3 is 0 Å². The maximum absolute atomic E-state index is 6.18. The summed E-state index contributed by atoms with van der Waals surface area (Å²) in [5.41, 5.74) is 2.14. The van der Waals surface area contributed by atoms with Gasteiger partial charge in [0.15, 0.2) is 0 Å². The quantitative estimate of drug-likeness (QED) is 0.867. The zero-order valence-corrected chi connectivity index (χ0v) is 13.3. The number of methoxy groups -OCH3 is 2. The molecule has 1 atom stereocenters. The zero-order valence-electron chi connectivity index (χ0n) is 12.5. The molecule has 0 bridgehead atoms. The molecule has 0 amide bonds. The first-order chi connectivity index (χ1) is 10.2. The average Bonchev–Trinajstić information content (AvgIpc) is 2.53. The minimum atomic E-state index is 0.117. The molecule has 0 aliphatic heterocycles. The maximum Gasteiger partial charge on any atom is 0.123 e. The summed E-state index contributed by atoms with van der Waals surface area (Å²) < 4.78 is 10.7. The average molecular weight is 306 g/mol. The Labute approximate surface area is 130 Å². The summed E-state index contributed by atoms with van der Waals surface area (Å²) in [6, 6.07) is 13.8. The molecule has 0 aromatic heterocycles. The predicted molar refractivity (Wildman–Crippen MR) is 86.3 cm³/mol. The molecule has 0 fully saturated rings. The fraction of sp³-hybridized carbons (Fsp3) is 0.294. The van der Waals surface area contributed by atoms with Crippen LogP contribution < -0.4 is 14.8 Å². The first-order valence-corrected chi connectivity index (χ1v) is 7.22. The number of ether oxygens (including phenoxy) is 2. The van der Waals surface area contributed by atoms with Crippen LogP contribution in [0.4, 0.5) is 0 Å². The van der Waals surface area contributed by atoms with Crippen LogP contribution in [-0.2, 0) is 6.54 Å². The molecule has 0 saturated heterocycles. The third kappa shape index (κ3) is 3.90. The minimum absolute atomic E-state index is 0.117. The molecule has 2 rings (SSSR count). The Balaban J connectivity index is 2.13. The molecule has 4 heteroatoms. The van der Waals surface area contributed by atoms with Gasteiger partial charge < -0.3 is 14.8 Å². The summed E-state index contributed by atoms with van der Waals surface area (Å²) in [4.78, 5) is 0. The van der Waals surface area contributed by atoms with Gasteiger partial charge in [0.05, 0.1) is 14.2 Å². The van der Waals surface area contributed by atoms with Crippen molar-refractivity contribution in [1.29, 1.82) is 0 Å². The van der Waals surface area contributed by atoms with E-state index < -0.39 is 0 Å². The number of halogens is 1. The molecule has 0 aliphatic carbocycles. The molecule has 3 nitrogen and oxygen atoms in total. The highest BCUT2D eigenvalue weighted by molar-refractivity contribution is 6.31. The van der Waals surface area contributed by atoms with Crippen LogP contribution in [0, 0.1) is 0 Å². The van der Waals surface area contributed by atoms with Crippen molar-refractivity contribution in [2.45, 2.75) is 19.5 Å². The summed E-state index contributed by atoms with van der Waals surface area (Å²) in [5.74, 6) is 1.66. The van der Waals surface area contributed by atoms with Gasteiger partial charge in [-0.15, -0.1) is 0 Å². The molecule has 0 aliphatic rings. The summed E-state index contributed by atoms with van der Waals surface area (Å²) in [6.45, 7) is 2.79. The zero-order chi connectivity index (χ0) is 15.2. The number of hydrogen-bond donors (Lipinski definition) is 1. The number of nitrogens with one attached hydrogen (secondary N) is 1. The number of benzene rings is 2. The van der Waals surface area contributed by atoms with Crippen LogP contribution in [0.3, 0.4) is 0 Å². The lowest BCUT2D eigenvalue weighted by Gasteiger charge is -2.18. The van der Waals surface area contributed by atoms with E-state index in [9.17, 15) is 0 Å². The SMILES string of the molecule is COc1ccc(OC)c(C(C)NCc2ccccc2Cl)c1. The Morgan fingerprint density at radius 3 is 2.52 bits per heavy atom. The van der Waals surface area contributed by atoms with Crippen molar-refractivity contribution in [2.75, 3.05) is 14.2 Å². The van der Waals surface area contributed by atoms with Gasteiger partial charge in [0.1, 0.15) is 11.5 Å². The van der Waals surface area contributed by atoms with E-state index in [4.69, 9.17) is 21.1 Å². The lowest BCUT2D eigenvalue weighted by molar-refractivity contribution is 0.391. The summed E-state index contributed by atoms with van der Waals surface area (Å²) >= 11 is 6.18.